The Morgan fingerprint density at radius 1 is 1.43 bits per heavy atom. The van der Waals surface area contributed by atoms with E-state index in [9.17, 15) is 18.0 Å². The first-order chi connectivity index (χ1) is 9.84. The summed E-state index contributed by atoms with van der Waals surface area (Å²) in [6.07, 6.45) is -3.24. The molecule has 1 N–H and O–H groups in total. The minimum absolute atomic E-state index is 0.0661. The number of carbonyl (C=O) groups is 1. The van der Waals surface area contributed by atoms with E-state index in [1.54, 1.807) is 11.8 Å². The highest BCUT2D eigenvalue weighted by Gasteiger charge is 2.39. The molecule has 116 valence electrons. The Kier molecular flexibility index (Phi) is 5.03. The van der Waals surface area contributed by atoms with Crippen LogP contribution in [0.15, 0.2) is 6.20 Å². The summed E-state index contributed by atoms with van der Waals surface area (Å²) >= 11 is 3.21. The first-order valence-corrected chi connectivity index (χ1v) is 8.35. The third kappa shape index (κ3) is 3.63. The van der Waals surface area contributed by atoms with Gasteiger partial charge in [-0.1, -0.05) is 6.92 Å². The van der Waals surface area contributed by atoms with Gasteiger partial charge in [-0.3, -0.25) is 0 Å². The van der Waals surface area contributed by atoms with Crippen LogP contribution < -0.4 is 0 Å². The van der Waals surface area contributed by atoms with Gasteiger partial charge in [0.05, 0.1) is 5.25 Å². The average molecular weight is 338 g/mol. The van der Waals surface area contributed by atoms with Crippen molar-refractivity contribution in [2.75, 3.05) is 11.5 Å². The van der Waals surface area contributed by atoms with Crippen molar-refractivity contribution < 1.29 is 23.1 Å². The van der Waals surface area contributed by atoms with Crippen LogP contribution in [0.3, 0.4) is 0 Å². The third-order valence-electron chi connectivity index (χ3n) is 3.01. The number of alkyl halides is 3. The van der Waals surface area contributed by atoms with Gasteiger partial charge >= 0.3 is 12.1 Å². The van der Waals surface area contributed by atoms with E-state index < -0.39 is 23.4 Å². The molecule has 1 aromatic heterocycles. The van der Waals surface area contributed by atoms with Crippen LogP contribution in [0, 0.1) is 0 Å². The number of aromatic nitrogens is 2. The van der Waals surface area contributed by atoms with Gasteiger partial charge in [0.2, 0.25) is 0 Å². The van der Waals surface area contributed by atoms with Crippen LogP contribution in [0.5, 0.6) is 0 Å². The Labute approximate surface area is 127 Å². The molecule has 0 radical (unpaired) electrons. The molecule has 9 heteroatoms. The molecular weight excluding hydrogens is 325 g/mol. The van der Waals surface area contributed by atoms with Crippen LogP contribution in [0.25, 0.3) is 0 Å². The molecule has 1 aromatic rings. The highest BCUT2D eigenvalue weighted by Crippen LogP contribution is 2.43. The second-order valence-corrected chi connectivity index (χ2v) is 7.00. The smallest absolute Gasteiger partial charge is 0.434 e. The largest absolute Gasteiger partial charge is 0.478 e. The minimum atomic E-state index is -4.81. The molecule has 0 amide bonds. The zero-order valence-corrected chi connectivity index (χ0v) is 12.7. The van der Waals surface area contributed by atoms with E-state index >= 15 is 0 Å². The van der Waals surface area contributed by atoms with Gasteiger partial charge in [-0.15, -0.1) is 11.8 Å². The zero-order valence-electron chi connectivity index (χ0n) is 11.1. The topological polar surface area (TPSA) is 63.1 Å². The van der Waals surface area contributed by atoms with Gasteiger partial charge in [0.15, 0.2) is 5.69 Å². The normalized spacial score (nSPS) is 23.0. The van der Waals surface area contributed by atoms with Crippen LogP contribution in [0.4, 0.5) is 13.2 Å². The number of aromatic carboxylic acids is 1. The summed E-state index contributed by atoms with van der Waals surface area (Å²) in [6.45, 7) is 1.97. The number of hydrogen-bond donors (Lipinski definition) is 1. The van der Waals surface area contributed by atoms with Gasteiger partial charge < -0.3 is 5.11 Å². The summed E-state index contributed by atoms with van der Waals surface area (Å²) in [5, 5.41) is 8.74. The van der Waals surface area contributed by atoms with Gasteiger partial charge in [-0.2, -0.15) is 24.9 Å². The summed E-state index contributed by atoms with van der Waals surface area (Å²) in [6, 6.07) is 0. The van der Waals surface area contributed by atoms with E-state index in [-0.39, 0.29) is 16.3 Å². The Balaban J connectivity index is 2.44. The predicted octanol–water partition coefficient (Wildman–Crippen LogP) is 3.49. The Morgan fingerprint density at radius 2 is 2.10 bits per heavy atom. The molecule has 0 spiro atoms. The highest BCUT2D eigenvalue weighted by molar-refractivity contribution is 8.06. The first kappa shape index (κ1) is 16.4. The number of hydrogen-bond acceptors (Lipinski definition) is 5. The standard InChI is InChI=1S/C12H13F3N2O2S2/c1-2-7-8(21-4-3-20-7)10-16-5-6(11(18)19)9(17-10)12(13,14)15/h5,7-8H,2-4H2,1H3,(H,18,19). The molecule has 0 bridgehead atoms. The van der Waals surface area contributed by atoms with Crippen molar-refractivity contribution in [2.24, 2.45) is 0 Å². The number of carboxylic acids is 1. The van der Waals surface area contributed by atoms with Gasteiger partial charge in [-0.05, 0) is 6.42 Å². The third-order valence-corrected chi connectivity index (χ3v) is 6.26. The maximum atomic E-state index is 13.0. The lowest BCUT2D eigenvalue weighted by Crippen LogP contribution is -2.23. The summed E-state index contributed by atoms with van der Waals surface area (Å²) in [4.78, 5) is 18.3. The Morgan fingerprint density at radius 3 is 2.67 bits per heavy atom. The van der Waals surface area contributed by atoms with Gasteiger partial charge in [0.1, 0.15) is 11.4 Å². The van der Waals surface area contributed by atoms with Crippen molar-refractivity contribution >= 4 is 29.5 Å². The Bertz CT molecular complexity index is 540. The van der Waals surface area contributed by atoms with Crippen LogP contribution in [0.1, 0.15) is 40.5 Å². The van der Waals surface area contributed by atoms with Gasteiger partial charge in [0, 0.05) is 23.0 Å². The van der Waals surface area contributed by atoms with Crippen LogP contribution >= 0.6 is 23.5 Å². The highest BCUT2D eigenvalue weighted by atomic mass is 32.2. The molecule has 1 saturated heterocycles. The SMILES string of the molecule is CCC1SCCSC1c1ncc(C(=O)O)c(C(F)(F)F)n1. The van der Waals surface area contributed by atoms with Crippen molar-refractivity contribution in [3.05, 3.63) is 23.3 Å². The fourth-order valence-electron chi connectivity index (χ4n) is 2.05. The van der Waals surface area contributed by atoms with E-state index in [4.69, 9.17) is 5.11 Å². The molecule has 2 atom stereocenters. The summed E-state index contributed by atoms with van der Waals surface area (Å²) in [5.74, 6) is 0.152. The molecule has 2 heterocycles. The second kappa shape index (κ2) is 6.43. The molecule has 2 unspecified atom stereocenters. The van der Waals surface area contributed by atoms with Crippen molar-refractivity contribution in [3.8, 4) is 0 Å². The zero-order chi connectivity index (χ0) is 15.6. The van der Waals surface area contributed by atoms with E-state index in [2.05, 4.69) is 9.97 Å². The van der Waals surface area contributed by atoms with Crippen LogP contribution in [-0.2, 0) is 6.18 Å². The molecule has 0 aliphatic carbocycles. The number of rotatable bonds is 3. The van der Waals surface area contributed by atoms with E-state index in [1.165, 1.54) is 11.8 Å². The summed E-state index contributed by atoms with van der Waals surface area (Å²) in [7, 11) is 0. The van der Waals surface area contributed by atoms with Crippen LogP contribution in [-0.4, -0.2) is 37.8 Å². The molecule has 0 aromatic carbocycles. The lowest BCUT2D eigenvalue weighted by atomic mass is 10.2. The molecule has 1 aliphatic rings. The van der Waals surface area contributed by atoms with E-state index in [0.29, 0.717) is 0 Å². The fraction of sp³-hybridized carbons (Fsp3) is 0.583. The number of halogens is 3. The molecule has 1 aliphatic heterocycles. The molecule has 21 heavy (non-hydrogen) atoms. The average Bonchev–Trinajstić information content (AvgIpc) is 2.45. The molecule has 0 saturated carbocycles. The number of thioether (sulfide) groups is 2. The number of carboxylic acid groups (broad SMARTS) is 1. The summed E-state index contributed by atoms with van der Waals surface area (Å²) in [5.41, 5.74) is -2.28. The van der Waals surface area contributed by atoms with E-state index in [0.717, 1.165) is 24.1 Å². The van der Waals surface area contributed by atoms with Crippen LogP contribution in [0.2, 0.25) is 0 Å². The van der Waals surface area contributed by atoms with Crippen molar-refractivity contribution in [1.29, 1.82) is 0 Å². The monoisotopic (exact) mass is 338 g/mol. The molecule has 4 nitrogen and oxygen atoms in total. The molecule has 2 rings (SSSR count). The van der Waals surface area contributed by atoms with Crippen molar-refractivity contribution in [1.82, 2.24) is 9.97 Å². The van der Waals surface area contributed by atoms with Gasteiger partial charge in [0.25, 0.3) is 0 Å². The lowest BCUT2D eigenvalue weighted by molar-refractivity contribution is -0.141. The maximum Gasteiger partial charge on any atom is 0.434 e. The first-order valence-electron chi connectivity index (χ1n) is 6.25. The Hall–Kier alpha value is -0.960. The van der Waals surface area contributed by atoms with Crippen molar-refractivity contribution in [2.45, 2.75) is 30.0 Å². The molecular formula is C12H13F3N2O2S2. The maximum absolute atomic E-state index is 13.0. The molecule has 1 fully saturated rings. The number of nitrogens with zero attached hydrogens (tertiary/aromatic N) is 2. The fourth-order valence-corrected chi connectivity index (χ4v) is 5.05. The predicted molar refractivity (Wildman–Crippen MR) is 75.7 cm³/mol. The minimum Gasteiger partial charge on any atom is -0.478 e. The van der Waals surface area contributed by atoms with Crippen molar-refractivity contribution in [3.63, 3.8) is 0 Å². The quantitative estimate of drug-likeness (QED) is 0.910. The van der Waals surface area contributed by atoms with E-state index in [1.807, 2.05) is 6.92 Å². The van der Waals surface area contributed by atoms with Gasteiger partial charge in [-0.25, -0.2) is 14.8 Å². The summed E-state index contributed by atoms with van der Waals surface area (Å²) < 4.78 is 38.9. The lowest BCUT2D eigenvalue weighted by Gasteiger charge is -2.29. The second-order valence-electron chi connectivity index (χ2n) is 4.40.